The molecule has 2 heteroatoms. The van der Waals surface area contributed by atoms with Crippen LogP contribution < -0.4 is 5.32 Å². The van der Waals surface area contributed by atoms with Gasteiger partial charge in [-0.2, -0.15) is 0 Å². The minimum Gasteiger partial charge on any atom is -0.352 e. The smallest absolute Gasteiger partial charge is 0.217 e. The van der Waals surface area contributed by atoms with Crippen LogP contribution in [0.3, 0.4) is 0 Å². The highest BCUT2D eigenvalue weighted by molar-refractivity contribution is 5.73. The van der Waals surface area contributed by atoms with Gasteiger partial charge in [0.1, 0.15) is 0 Å². The second-order valence-corrected chi connectivity index (χ2v) is 1.31. The average Bonchev–Trinajstić information content (AvgIpc) is 1.61. The van der Waals surface area contributed by atoms with Crippen LogP contribution in [0.5, 0.6) is 0 Å². The van der Waals surface area contributed by atoms with Crippen LogP contribution in [0.2, 0.25) is 0 Å². The quantitative estimate of drug-likeness (QED) is 0.543. The Morgan fingerprint density at radius 2 is 2.43 bits per heavy atom. The Bertz CT molecular complexity index is 61.1. The molecule has 0 aliphatic heterocycles. The fourth-order valence-corrected chi connectivity index (χ4v) is 0.246. The summed E-state index contributed by atoms with van der Waals surface area (Å²) in [5.41, 5.74) is 0. The molecular weight excluding hydrogens is 90.1 g/mol. The Kier molecular flexibility index (Phi) is 3.38. The van der Waals surface area contributed by atoms with Gasteiger partial charge in [0, 0.05) is 13.5 Å². The molecule has 41 valence electrons. The lowest BCUT2D eigenvalue weighted by Crippen LogP contribution is -2.15. The van der Waals surface area contributed by atoms with Gasteiger partial charge in [-0.3, -0.25) is 4.79 Å². The summed E-state index contributed by atoms with van der Waals surface area (Å²) in [6, 6.07) is 0. The largest absolute Gasteiger partial charge is 0.352 e. The normalized spacial score (nSPS) is 8.29. The first kappa shape index (κ1) is 6.47. The lowest BCUT2D eigenvalue weighted by molar-refractivity contribution is -0.118. The summed E-state index contributed by atoms with van der Waals surface area (Å²) >= 11 is 0. The Morgan fingerprint density at radius 3 is 2.57 bits per heavy atom. The van der Waals surface area contributed by atoms with Crippen LogP contribution in [0.4, 0.5) is 0 Å². The number of carbonyl (C=O) groups is 1. The van der Waals surface area contributed by atoms with Crippen molar-refractivity contribution in [3.63, 3.8) is 0 Å². The molecule has 1 N–H and O–H groups in total. The van der Waals surface area contributed by atoms with E-state index in [4.69, 9.17) is 0 Å². The number of hydrogen-bond donors (Lipinski definition) is 1. The van der Waals surface area contributed by atoms with Crippen LogP contribution in [-0.2, 0) is 4.79 Å². The maximum Gasteiger partial charge on any atom is 0.217 e. The summed E-state index contributed by atoms with van der Waals surface area (Å²) < 4.78 is 0. The van der Waals surface area contributed by atoms with Gasteiger partial charge < -0.3 is 5.32 Å². The number of rotatable bonds is 2. The van der Waals surface area contributed by atoms with Crippen LogP contribution in [0, 0.1) is 6.54 Å². The summed E-state index contributed by atoms with van der Waals surface area (Å²) in [6.45, 7) is 5.18. The first-order chi connectivity index (χ1) is 3.27. The van der Waals surface area contributed by atoms with E-state index in [1.165, 1.54) is 6.92 Å². The zero-order chi connectivity index (χ0) is 5.70. The zero-order valence-electron chi connectivity index (χ0n) is 4.69. The van der Waals surface area contributed by atoms with Gasteiger partial charge in [0.2, 0.25) is 5.91 Å². The Balaban J connectivity index is 2.82. The molecule has 2 nitrogen and oxygen atoms in total. The second kappa shape index (κ2) is 3.65. The number of hydrogen-bond acceptors (Lipinski definition) is 1. The number of amides is 1. The molecule has 0 aliphatic carbocycles. The van der Waals surface area contributed by atoms with E-state index in [-0.39, 0.29) is 5.91 Å². The molecular formula is C5H10NO. The van der Waals surface area contributed by atoms with Crippen molar-refractivity contribution >= 4 is 5.91 Å². The fourth-order valence-electron chi connectivity index (χ4n) is 0.246. The average molecular weight is 100 g/mol. The van der Waals surface area contributed by atoms with Crippen LogP contribution in [0.15, 0.2) is 0 Å². The molecule has 0 fully saturated rings. The van der Waals surface area contributed by atoms with Crippen molar-refractivity contribution < 1.29 is 4.79 Å². The Morgan fingerprint density at radius 1 is 1.86 bits per heavy atom. The van der Waals surface area contributed by atoms with Crippen molar-refractivity contribution in [3.8, 4) is 0 Å². The number of nitrogens with one attached hydrogen (secondary N) is 1. The molecule has 7 heavy (non-hydrogen) atoms. The summed E-state index contributed by atoms with van der Waals surface area (Å²) in [5, 5.41) is 2.53. The van der Waals surface area contributed by atoms with E-state index < -0.39 is 0 Å². The van der Waals surface area contributed by atoms with Gasteiger partial charge in [-0.15, -0.1) is 0 Å². The third-order valence-corrected chi connectivity index (χ3v) is 0.509. The van der Waals surface area contributed by atoms with E-state index in [0.29, 0.717) is 0 Å². The molecule has 0 rings (SSSR count). The van der Waals surface area contributed by atoms with E-state index >= 15 is 0 Å². The Labute approximate surface area is 43.9 Å². The van der Waals surface area contributed by atoms with Crippen LogP contribution in [0.1, 0.15) is 20.3 Å². The second-order valence-electron chi connectivity index (χ2n) is 1.31. The van der Waals surface area contributed by atoms with Crippen molar-refractivity contribution in [1.29, 1.82) is 0 Å². The maximum atomic E-state index is 10.1. The van der Waals surface area contributed by atoms with Gasteiger partial charge in [0.25, 0.3) is 0 Å². The zero-order valence-corrected chi connectivity index (χ0v) is 4.69. The minimum absolute atomic E-state index is 0.00171. The molecule has 0 saturated carbocycles. The van der Waals surface area contributed by atoms with Crippen LogP contribution in [-0.4, -0.2) is 5.91 Å². The molecule has 0 aromatic rings. The van der Waals surface area contributed by atoms with Gasteiger partial charge in [0.15, 0.2) is 0 Å². The molecule has 0 spiro atoms. The lowest BCUT2D eigenvalue weighted by atomic mass is 10.5. The van der Waals surface area contributed by atoms with Gasteiger partial charge in [-0.1, -0.05) is 6.92 Å². The molecule has 0 aromatic heterocycles. The first-order valence-corrected chi connectivity index (χ1v) is 2.36. The van der Waals surface area contributed by atoms with Gasteiger partial charge in [-0.25, -0.2) is 0 Å². The summed E-state index contributed by atoms with van der Waals surface area (Å²) in [4.78, 5) is 10.1. The van der Waals surface area contributed by atoms with E-state index in [1.54, 1.807) is 6.54 Å². The first-order valence-electron chi connectivity index (χ1n) is 2.36. The summed E-state index contributed by atoms with van der Waals surface area (Å²) in [5.74, 6) is 0.00171. The lowest BCUT2D eigenvalue weighted by Gasteiger charge is -1.92. The standard InChI is InChI=1S/C5H10NO/c1-3-4-6-5(2)7/h4H,3H2,1-2H3,(H,6,7). The van der Waals surface area contributed by atoms with Crippen molar-refractivity contribution in [3.05, 3.63) is 6.54 Å². The van der Waals surface area contributed by atoms with Crippen molar-refractivity contribution in [2.75, 3.05) is 0 Å². The molecule has 0 unspecified atom stereocenters. The predicted molar refractivity (Wildman–Crippen MR) is 28.4 cm³/mol. The fraction of sp³-hybridized carbons (Fsp3) is 0.600. The van der Waals surface area contributed by atoms with E-state index in [0.717, 1.165) is 6.42 Å². The van der Waals surface area contributed by atoms with Crippen molar-refractivity contribution in [1.82, 2.24) is 5.32 Å². The van der Waals surface area contributed by atoms with Crippen molar-refractivity contribution in [2.24, 2.45) is 0 Å². The topological polar surface area (TPSA) is 29.1 Å². The highest BCUT2D eigenvalue weighted by Gasteiger charge is 1.83. The molecule has 0 heterocycles. The van der Waals surface area contributed by atoms with Gasteiger partial charge >= 0.3 is 0 Å². The highest BCUT2D eigenvalue weighted by Crippen LogP contribution is 1.75. The van der Waals surface area contributed by atoms with Crippen LogP contribution in [0.25, 0.3) is 0 Å². The monoisotopic (exact) mass is 100 g/mol. The van der Waals surface area contributed by atoms with Gasteiger partial charge in [-0.05, 0) is 6.42 Å². The number of carbonyl (C=O) groups excluding carboxylic acids is 1. The van der Waals surface area contributed by atoms with Crippen molar-refractivity contribution in [2.45, 2.75) is 20.3 Å². The third-order valence-electron chi connectivity index (χ3n) is 0.509. The third kappa shape index (κ3) is 5.47. The molecule has 0 aromatic carbocycles. The Hall–Kier alpha value is -0.530. The maximum absolute atomic E-state index is 10.1. The SMILES string of the molecule is CC[CH]NC(C)=O. The molecule has 0 atom stereocenters. The summed E-state index contributed by atoms with van der Waals surface area (Å²) in [6.07, 6.45) is 0.888. The van der Waals surface area contributed by atoms with Gasteiger partial charge in [0.05, 0.1) is 0 Å². The molecule has 0 aliphatic rings. The van der Waals surface area contributed by atoms with Crippen LogP contribution >= 0.6 is 0 Å². The molecule has 1 amide bonds. The summed E-state index contributed by atoms with van der Waals surface area (Å²) in [7, 11) is 0. The minimum atomic E-state index is 0.00171. The van der Waals surface area contributed by atoms with E-state index in [1.807, 2.05) is 6.92 Å². The van der Waals surface area contributed by atoms with E-state index in [2.05, 4.69) is 5.32 Å². The molecule has 0 saturated heterocycles. The van der Waals surface area contributed by atoms with E-state index in [9.17, 15) is 4.79 Å². The highest BCUT2D eigenvalue weighted by atomic mass is 16.1. The molecule has 1 radical (unpaired) electrons. The molecule has 0 bridgehead atoms. The predicted octanol–water partition coefficient (Wildman–Crippen LogP) is 0.694.